The van der Waals surface area contributed by atoms with Crippen LogP contribution in [0.4, 0.5) is 15.3 Å². The third kappa shape index (κ3) is 28.8. The number of hydrazine groups is 1. The summed E-state index contributed by atoms with van der Waals surface area (Å²) in [6.07, 6.45) is -2.14. The maximum absolute atomic E-state index is 13.0. The van der Waals surface area contributed by atoms with Crippen LogP contribution in [0.15, 0.2) is 170 Å². The number of anilines is 1. The molecule has 127 heavy (non-hydrogen) atoms. The molecule has 9 aromatic carbocycles. The lowest BCUT2D eigenvalue weighted by molar-refractivity contribution is -0.116. The number of halogens is 15. The van der Waals surface area contributed by atoms with Gasteiger partial charge in [0.15, 0.2) is 0 Å². The van der Waals surface area contributed by atoms with Crippen LogP contribution < -0.4 is 17.0 Å². The van der Waals surface area contributed by atoms with Crippen molar-refractivity contribution >= 4 is 262 Å². The lowest BCUT2D eigenvalue weighted by Gasteiger charge is -2.22. The highest BCUT2D eigenvalue weighted by atomic mass is 79.9. The van der Waals surface area contributed by atoms with E-state index >= 15 is 0 Å². The van der Waals surface area contributed by atoms with Crippen LogP contribution in [0.25, 0.3) is 54.5 Å². The van der Waals surface area contributed by atoms with Gasteiger partial charge >= 0.3 is 12.2 Å². The van der Waals surface area contributed by atoms with Crippen LogP contribution in [0.1, 0.15) is 156 Å². The van der Waals surface area contributed by atoms with Crippen LogP contribution in [0, 0.1) is 27.7 Å². The number of Topliss-reactive ketones (excluding diaryl/α,β-unsaturated/α-hetero) is 1. The number of hydrogen-bond acceptors (Lipinski definition) is 13. The second-order valence-electron chi connectivity index (χ2n) is 31.8. The molecule has 0 bridgehead atoms. The monoisotopic (exact) mass is 2110 g/mol. The van der Waals surface area contributed by atoms with Crippen LogP contribution >= 0.6 is 183 Å². The summed E-state index contributed by atoms with van der Waals surface area (Å²) in [6, 6.07) is 51.2. The molecule has 682 valence electrons. The first-order valence-electron chi connectivity index (χ1n) is 39.7. The molecule has 0 spiro atoms. The summed E-state index contributed by atoms with van der Waals surface area (Å²) in [6.45, 7) is 26.3. The SMILES string of the molecule is CC(C)(C)OC(=O)n1c2c(c3cc(Cl)ccc31)CN(CC(O)c1ccc(Cl)c(Cl)c1)C2.CCC(C)=O.Cc1[nH]c2ccc(Cl)cc2c1C.Cc1c(C)n(C(=O)OC(C)(C)C)c2ccc(Cl)cc12.Cl.Clc1ccc2[nH]c(CBr)c(CBr)c2c1.NCC(O)c1ccc(Cl)c(Cl)c1.NNc1ccc(Cl)cc1.OC(CN1Cc2[nH]c3ccc(Cl)cc3c2C1)c1ccc(Cl)c(Cl)c1.[HH].[HH]. The zero-order valence-electron chi connectivity index (χ0n) is 71.5. The van der Waals surface area contributed by atoms with E-state index in [4.69, 9.17) is 160 Å². The first kappa shape index (κ1) is 106. The number of ketones is 1. The molecule has 2 aliphatic rings. The van der Waals surface area contributed by atoms with Gasteiger partial charge in [0.05, 0.1) is 59.5 Å². The molecule has 16 rings (SSSR count). The number of aryl methyl sites for hydroxylation is 3. The Balaban J connectivity index is 0.000000237. The summed E-state index contributed by atoms with van der Waals surface area (Å²) >= 11 is 78.2. The van der Waals surface area contributed by atoms with E-state index in [0.29, 0.717) is 88.9 Å². The number of nitrogen functional groups attached to an aromatic ring is 1. The summed E-state index contributed by atoms with van der Waals surface area (Å²) in [5, 5.41) is 44.7. The topological polar surface area (TPSA) is 258 Å². The lowest BCUT2D eigenvalue weighted by atomic mass is 10.1. The van der Waals surface area contributed by atoms with Crippen LogP contribution in [-0.2, 0) is 51.1 Å². The quantitative estimate of drug-likeness (QED) is 0.0314. The Labute approximate surface area is 825 Å². The maximum atomic E-state index is 13.0. The van der Waals surface area contributed by atoms with E-state index in [9.17, 15) is 29.7 Å². The van der Waals surface area contributed by atoms with E-state index in [2.05, 4.69) is 75.9 Å². The Morgan fingerprint density at radius 2 is 0.874 bits per heavy atom. The minimum Gasteiger partial charge on any atom is -0.443 e. The number of ether oxygens (including phenoxy) is 2. The highest BCUT2D eigenvalue weighted by molar-refractivity contribution is 9.09. The fourth-order valence-corrected chi connectivity index (χ4v) is 16.7. The zero-order valence-corrected chi connectivity index (χ0v) is 84.6. The molecule has 18 nitrogen and oxygen atoms in total. The number of hydrogen-bond donors (Lipinski definition) is 9. The summed E-state index contributed by atoms with van der Waals surface area (Å²) in [5.74, 6) is 5.36. The second kappa shape index (κ2) is 47.8. The average Bonchev–Trinajstić information content (AvgIpc) is 1.59. The number of aliphatic hydroxyl groups excluding tert-OH is 3. The standard InChI is InChI=1S/C23H23Cl3N2O3.C18H15Cl3N2O.C15H18ClNO2.C10H8Br2ClN.C10H10ClN.C8H9Cl2NO.C6H7ClN2.C4H8O.ClH.2H2/c1-23(2,3)31-22(30)28-19-7-5-14(24)9-15(19)16-10-27(11-20(16)28)12-21(29)13-4-6-17(25)18(26)8-13;19-11-2-4-16-12(6-11)13-7-23(8-17(13)22-16)9-18(24)10-1-3-14(20)15(21)5-10;1-9-10(2)17(14(18)19-15(3,4)5)13-7-6-11(16)8-12(9)13;11-4-8-7-3-6(13)1-2-9(7)14-10(8)5-12;1-6-7(2)12-10-4-3-8(11)5-9(6)10;9-6-2-1-5(3-7(6)10)8(12)4-11;7-5-1-3-6(9-8)4-2-5;1-3-4(2)5;;;/h4-9,21,29H,10-12H2,1-3H3;1-6,18,22,24H,7-9H2;6-8H,1-5H3;1-3,14H,4-5H2;3-5,12H,1-2H3;1-3,8,12H,4,11H2;1-4,9H,8H2;3H2,1-2H3;3*1H. The third-order valence-corrected chi connectivity index (χ3v) is 25.1. The minimum absolute atomic E-state index is 0. The molecule has 2 aliphatic heterocycles. The van der Waals surface area contributed by atoms with Gasteiger partial charge in [-0.1, -0.05) is 196 Å². The smallest absolute Gasteiger partial charge is 0.419 e. The summed E-state index contributed by atoms with van der Waals surface area (Å²) in [5.41, 5.74) is 25.9. The number of fused-ring (bicyclic) bond motifs is 9. The Hall–Kier alpha value is -6.46. The van der Waals surface area contributed by atoms with Crippen molar-refractivity contribution in [1.29, 1.82) is 0 Å². The van der Waals surface area contributed by atoms with Crippen molar-refractivity contribution in [2.24, 2.45) is 11.6 Å². The van der Waals surface area contributed by atoms with Crippen molar-refractivity contribution in [2.45, 2.75) is 156 Å². The number of aromatic nitrogens is 5. The Kier molecular flexibility index (Phi) is 39.8. The molecule has 0 saturated carbocycles. The van der Waals surface area contributed by atoms with Gasteiger partial charge in [0, 0.05) is 174 Å². The number of nitrogens with one attached hydrogen (secondary N) is 4. The van der Waals surface area contributed by atoms with Gasteiger partial charge < -0.3 is 55.7 Å². The van der Waals surface area contributed by atoms with Crippen molar-refractivity contribution in [3.05, 3.63) is 303 Å². The van der Waals surface area contributed by atoms with Crippen LogP contribution in [0.3, 0.4) is 0 Å². The molecule has 0 amide bonds. The van der Waals surface area contributed by atoms with E-state index in [1.807, 2.05) is 159 Å². The molecule has 0 aliphatic carbocycles. The molecule has 0 fully saturated rings. The van der Waals surface area contributed by atoms with Crippen molar-refractivity contribution in [1.82, 2.24) is 33.9 Å². The van der Waals surface area contributed by atoms with Crippen LogP contribution in [0.2, 0.25) is 60.3 Å². The van der Waals surface area contributed by atoms with Gasteiger partial charge in [-0.3, -0.25) is 15.6 Å². The maximum Gasteiger partial charge on any atom is 0.419 e. The highest BCUT2D eigenvalue weighted by Gasteiger charge is 2.33. The third-order valence-electron chi connectivity index (χ3n) is 20.3. The Morgan fingerprint density at radius 1 is 0.472 bits per heavy atom. The summed E-state index contributed by atoms with van der Waals surface area (Å²) in [4.78, 5) is 49.5. The molecule has 0 radical (unpaired) electrons. The number of carbonyl (C=O) groups is 3. The van der Waals surface area contributed by atoms with Gasteiger partial charge in [0.1, 0.15) is 17.0 Å². The fourth-order valence-electron chi connectivity index (χ4n) is 13.7. The van der Waals surface area contributed by atoms with Crippen molar-refractivity contribution < 1.29 is 42.0 Å². The van der Waals surface area contributed by atoms with Gasteiger partial charge in [-0.2, -0.15) is 0 Å². The largest absolute Gasteiger partial charge is 0.443 e. The van der Waals surface area contributed by atoms with Crippen molar-refractivity contribution in [3.63, 3.8) is 0 Å². The average molecular weight is 2120 g/mol. The molecular formula is C94H103Br2Cl13N10O8. The molecular weight excluding hydrogens is 2020 g/mol. The van der Waals surface area contributed by atoms with E-state index in [1.165, 1.54) is 44.5 Å². The van der Waals surface area contributed by atoms with E-state index in [0.717, 1.165) is 116 Å². The number of H-pyrrole nitrogens is 3. The number of β-amino-alcohol motifs (C(OH)–C–C–N with tert-alkyl or cyclic N) is 2. The molecule has 14 aromatic rings. The number of carbonyl (C=O) groups excluding carboxylic acids is 3. The van der Waals surface area contributed by atoms with Gasteiger partial charge in [-0.05, 0) is 272 Å². The van der Waals surface area contributed by atoms with E-state index in [-0.39, 0.29) is 33.7 Å². The van der Waals surface area contributed by atoms with Crippen LogP contribution in [0.5, 0.6) is 0 Å². The van der Waals surface area contributed by atoms with Gasteiger partial charge in [-0.15, -0.1) is 12.4 Å². The Bertz CT molecular complexity index is 6200. The number of nitrogens with zero attached hydrogens (tertiary/aromatic N) is 4. The molecule has 11 N–H and O–H groups in total. The number of nitrogens with two attached hydrogens (primary N) is 2. The number of alkyl halides is 2. The van der Waals surface area contributed by atoms with Crippen molar-refractivity contribution in [3.8, 4) is 0 Å². The number of aromatic amines is 3. The van der Waals surface area contributed by atoms with E-state index in [1.54, 1.807) is 88.9 Å². The van der Waals surface area contributed by atoms with Crippen LogP contribution in [-0.4, -0.2) is 98.0 Å². The van der Waals surface area contributed by atoms with Gasteiger partial charge in [0.2, 0.25) is 0 Å². The first-order valence-corrected chi connectivity index (χ1v) is 46.5. The molecule has 33 heteroatoms. The zero-order chi connectivity index (χ0) is 92.7. The molecule has 7 heterocycles. The Morgan fingerprint density at radius 3 is 1.32 bits per heavy atom. The number of rotatable bonds is 12. The predicted octanol–water partition coefficient (Wildman–Crippen LogP) is 29.9. The second-order valence-corrected chi connectivity index (χ2v) is 38.0. The fraction of sp³-hybridized carbons (Fsp3) is 0.287. The summed E-state index contributed by atoms with van der Waals surface area (Å²) in [7, 11) is 0. The van der Waals surface area contributed by atoms with Gasteiger partial charge in [-0.25, -0.2) is 18.7 Å². The van der Waals surface area contributed by atoms with Gasteiger partial charge in [0.25, 0.3) is 0 Å². The summed E-state index contributed by atoms with van der Waals surface area (Å²) < 4.78 is 14.3. The number of benzene rings is 9. The van der Waals surface area contributed by atoms with Crippen molar-refractivity contribution in [2.75, 3.05) is 25.1 Å². The molecule has 3 atom stereocenters. The molecule has 5 aromatic heterocycles. The molecule has 0 saturated heterocycles. The minimum atomic E-state index is -0.747. The molecule has 3 unspecified atom stereocenters. The normalized spacial score (nSPS) is 12.9. The highest BCUT2D eigenvalue weighted by Crippen LogP contribution is 2.40. The van der Waals surface area contributed by atoms with E-state index < -0.39 is 35.6 Å². The predicted molar refractivity (Wildman–Crippen MR) is 545 cm³/mol. The number of aliphatic hydroxyl groups is 3. The first-order chi connectivity index (χ1) is 59.4. The lowest BCUT2D eigenvalue weighted by Crippen LogP contribution is -2.29.